The van der Waals surface area contributed by atoms with Gasteiger partial charge in [0.2, 0.25) is 0 Å². The third kappa shape index (κ3) is 8.61. The third-order valence-electron chi connectivity index (χ3n) is 1.96. The maximum Gasteiger partial charge on any atom is 2.00 e. The third-order valence-corrected chi connectivity index (χ3v) is 1.96. The molecular formula is C10H6Ca2N4O8+2. The summed E-state index contributed by atoms with van der Waals surface area (Å²) in [5.41, 5.74) is -4.33. The molecule has 4 N–H and O–H groups in total. The Balaban J connectivity index is 0. The van der Waals surface area contributed by atoms with Gasteiger partial charge in [0.1, 0.15) is 0 Å². The summed E-state index contributed by atoms with van der Waals surface area (Å²) in [5.74, 6) is -3.18. The van der Waals surface area contributed by atoms with Gasteiger partial charge in [-0.05, 0) is 0 Å². The van der Waals surface area contributed by atoms with E-state index in [-0.39, 0.29) is 75.5 Å². The molecule has 0 unspecified atom stereocenters. The molecule has 2 heterocycles. The molecule has 0 spiro atoms. The van der Waals surface area contributed by atoms with Crippen LogP contribution in [0.2, 0.25) is 0 Å². The number of carbonyl (C=O) groups excluding carboxylic acids is 2. The van der Waals surface area contributed by atoms with Crippen molar-refractivity contribution in [2.45, 2.75) is 0 Å². The van der Waals surface area contributed by atoms with Gasteiger partial charge in [0.25, 0.3) is 11.1 Å². The number of hydrogen-bond donors (Lipinski definition) is 4. The van der Waals surface area contributed by atoms with Crippen molar-refractivity contribution < 1.29 is 19.8 Å². The molecule has 0 aliphatic heterocycles. The van der Waals surface area contributed by atoms with E-state index in [1.807, 2.05) is 19.9 Å². The Labute approximate surface area is 190 Å². The quantitative estimate of drug-likeness (QED) is 0.361. The molecule has 0 bridgehead atoms. The van der Waals surface area contributed by atoms with Gasteiger partial charge in [-0.3, -0.25) is 19.6 Å². The zero-order valence-electron chi connectivity index (χ0n) is 11.8. The molecule has 0 saturated heterocycles. The minimum Gasteiger partial charge on any atom is -0.543 e. The van der Waals surface area contributed by atoms with Crippen molar-refractivity contribution in [2.75, 3.05) is 0 Å². The molecule has 0 aliphatic rings. The Morgan fingerprint density at radius 3 is 1.17 bits per heavy atom. The van der Waals surface area contributed by atoms with E-state index in [0.29, 0.717) is 0 Å². The topological polar surface area (TPSA) is 212 Å². The number of aromatic nitrogens is 4. The number of nitrogens with one attached hydrogen (secondary N) is 4. The van der Waals surface area contributed by atoms with Crippen LogP contribution in [0.15, 0.2) is 31.3 Å². The fraction of sp³-hybridized carbons (Fsp3) is 0. The van der Waals surface area contributed by atoms with Crippen LogP contribution in [0.1, 0.15) is 21.0 Å². The van der Waals surface area contributed by atoms with Crippen molar-refractivity contribution in [1.82, 2.24) is 19.9 Å². The van der Waals surface area contributed by atoms with Gasteiger partial charge in [0.15, 0.2) is 0 Å². The molecule has 24 heavy (non-hydrogen) atoms. The smallest absolute Gasteiger partial charge is 0.543 e. The first-order valence-corrected chi connectivity index (χ1v) is 5.29. The van der Waals surface area contributed by atoms with Crippen molar-refractivity contribution in [3.05, 3.63) is 65.2 Å². The fourth-order valence-corrected chi connectivity index (χ4v) is 1.16. The summed E-state index contributed by atoms with van der Waals surface area (Å²) in [6.07, 6.45) is 0. The van der Waals surface area contributed by atoms with Gasteiger partial charge < -0.3 is 29.8 Å². The predicted octanol–water partition coefficient (Wildman–Crippen LogP) is -5.91. The zero-order chi connectivity index (χ0) is 16.9. The van der Waals surface area contributed by atoms with Crippen molar-refractivity contribution in [1.29, 1.82) is 0 Å². The van der Waals surface area contributed by atoms with Gasteiger partial charge >= 0.3 is 86.9 Å². The molecule has 2 rings (SSSR count). The normalized spacial score (nSPS) is 8.67. The largest absolute Gasteiger partial charge is 2.00 e. The van der Waals surface area contributed by atoms with Gasteiger partial charge in [-0.15, -0.1) is 0 Å². The fourth-order valence-electron chi connectivity index (χ4n) is 1.16. The van der Waals surface area contributed by atoms with Crippen LogP contribution in [-0.4, -0.2) is 107 Å². The van der Waals surface area contributed by atoms with E-state index in [4.69, 9.17) is 0 Å². The number of H-pyrrole nitrogens is 4. The van der Waals surface area contributed by atoms with E-state index < -0.39 is 45.8 Å². The number of carboxylic acid groups (broad SMARTS) is 2. The Kier molecular flexibility index (Phi) is 11.9. The van der Waals surface area contributed by atoms with Gasteiger partial charge in [-0.1, -0.05) is 0 Å². The molecule has 0 aliphatic carbocycles. The van der Waals surface area contributed by atoms with Crippen LogP contribution in [0.5, 0.6) is 0 Å². The molecule has 0 amide bonds. The molecular weight excluding hydrogens is 384 g/mol. The Bertz CT molecular complexity index is 807. The summed E-state index contributed by atoms with van der Waals surface area (Å²) in [4.78, 5) is 69.2. The van der Waals surface area contributed by atoms with E-state index in [2.05, 4.69) is 0 Å². The molecule has 2 aromatic heterocycles. The summed E-state index contributed by atoms with van der Waals surface area (Å²) in [5, 5.41) is 20.1. The minimum atomic E-state index is -1.59. The summed E-state index contributed by atoms with van der Waals surface area (Å²) in [6, 6.07) is 1.47. The number of rotatable bonds is 2. The standard InChI is InChI=1S/2C5H4N2O4.2Ca/c2*8-3-1-2(4(9)10)6-5(11)7-3;;/h2*1H,(H,9,10)(H2,6,7,8,11);;/q;;2*+2/p-2. The van der Waals surface area contributed by atoms with Crippen LogP contribution in [0.3, 0.4) is 0 Å². The monoisotopic (exact) mass is 390 g/mol. The molecule has 2 aromatic rings. The summed E-state index contributed by atoms with van der Waals surface area (Å²) in [7, 11) is 0. The van der Waals surface area contributed by atoms with Crippen molar-refractivity contribution in [3.8, 4) is 0 Å². The Hall–Kier alpha value is -1.18. The van der Waals surface area contributed by atoms with E-state index in [0.717, 1.165) is 12.1 Å². The SMILES string of the molecule is O=C([O-])c1cc(=O)[nH]c(=O)[nH]1.O=C([O-])c1cc(=O)[nH]c(=O)[nH]1.[Ca+2].[Ca+2]. The number of hydrogen-bond acceptors (Lipinski definition) is 8. The Morgan fingerprint density at radius 2 is 0.958 bits per heavy atom. The van der Waals surface area contributed by atoms with E-state index in [9.17, 15) is 39.0 Å². The first-order valence-electron chi connectivity index (χ1n) is 5.29. The van der Waals surface area contributed by atoms with Gasteiger partial charge in [-0.25, -0.2) is 9.59 Å². The van der Waals surface area contributed by atoms with Crippen LogP contribution in [0.25, 0.3) is 0 Å². The van der Waals surface area contributed by atoms with E-state index in [1.165, 1.54) is 0 Å². The van der Waals surface area contributed by atoms with Crippen LogP contribution >= 0.6 is 0 Å². The summed E-state index contributed by atoms with van der Waals surface area (Å²) < 4.78 is 0. The van der Waals surface area contributed by atoms with Gasteiger partial charge in [0, 0.05) is 12.1 Å². The van der Waals surface area contributed by atoms with Crippen LogP contribution in [0, 0.1) is 0 Å². The molecule has 0 radical (unpaired) electrons. The summed E-state index contributed by atoms with van der Waals surface area (Å²) in [6.45, 7) is 0. The molecule has 0 aromatic carbocycles. The average Bonchev–Trinajstić information content (AvgIpc) is 2.37. The van der Waals surface area contributed by atoms with Crippen molar-refractivity contribution in [2.24, 2.45) is 0 Å². The van der Waals surface area contributed by atoms with E-state index in [1.54, 1.807) is 0 Å². The molecule has 0 fully saturated rings. The average molecular weight is 390 g/mol. The van der Waals surface area contributed by atoms with Crippen molar-refractivity contribution in [3.63, 3.8) is 0 Å². The number of aromatic amines is 4. The van der Waals surface area contributed by atoms with Gasteiger partial charge in [0.05, 0.1) is 23.3 Å². The maximum atomic E-state index is 10.4. The van der Waals surface area contributed by atoms with Crippen molar-refractivity contribution >= 4 is 87.4 Å². The molecule has 12 nitrogen and oxygen atoms in total. The maximum absolute atomic E-state index is 10.4. The first kappa shape index (κ1) is 25.1. The first-order chi connectivity index (χ1) is 10.2. The second kappa shape index (κ2) is 11.4. The van der Waals surface area contributed by atoms with Gasteiger partial charge in [-0.2, -0.15) is 0 Å². The van der Waals surface area contributed by atoms with E-state index >= 15 is 0 Å². The summed E-state index contributed by atoms with van der Waals surface area (Å²) >= 11 is 0. The molecule has 116 valence electrons. The Morgan fingerprint density at radius 1 is 0.667 bits per heavy atom. The van der Waals surface area contributed by atoms with Crippen LogP contribution < -0.4 is 32.7 Å². The van der Waals surface area contributed by atoms with Crippen LogP contribution in [0.4, 0.5) is 0 Å². The second-order valence-corrected chi connectivity index (χ2v) is 3.58. The molecule has 0 atom stereocenters. The predicted molar refractivity (Wildman–Crippen MR) is 75.5 cm³/mol. The zero-order valence-corrected chi connectivity index (χ0v) is 16.3. The molecule has 14 heteroatoms. The number of carboxylic acids is 2. The number of aromatic carboxylic acids is 2. The second-order valence-electron chi connectivity index (χ2n) is 3.58. The number of carbonyl (C=O) groups is 2. The molecule has 0 saturated carbocycles. The minimum absolute atomic E-state index is 0. The van der Waals surface area contributed by atoms with Crippen LogP contribution in [-0.2, 0) is 0 Å².